The Kier molecular flexibility index (Phi) is 8.94. The number of rotatable bonds is 9. The Morgan fingerprint density at radius 2 is 2.05 bits per heavy atom. The third kappa shape index (κ3) is 6.41. The second-order valence-electron chi connectivity index (χ2n) is 11.0. The highest BCUT2D eigenvalue weighted by molar-refractivity contribution is 8.01. The number of carbonyl (C=O) groups is 5. The molecule has 3 atom stereocenters. The zero-order valence-corrected chi connectivity index (χ0v) is 26.3. The monoisotopic (exact) mass is 662 g/mol. The van der Waals surface area contributed by atoms with Crippen LogP contribution in [0.4, 0.5) is 9.59 Å². The molecule has 2 unspecified atom stereocenters. The lowest BCUT2D eigenvalue weighted by atomic mass is 9.92. The largest absolute Gasteiger partial charge is 0.593 e. The van der Waals surface area contributed by atoms with Crippen molar-refractivity contribution in [2.75, 3.05) is 24.6 Å². The van der Waals surface area contributed by atoms with Crippen LogP contribution in [0.25, 0.3) is 0 Å². The molecular weight excluding hydrogens is 633 g/mol. The van der Waals surface area contributed by atoms with E-state index in [4.69, 9.17) is 0 Å². The molecule has 0 spiro atoms. The van der Waals surface area contributed by atoms with E-state index in [-0.39, 0.29) is 29.2 Å². The van der Waals surface area contributed by atoms with Gasteiger partial charge in [0.25, 0.3) is 10.9 Å². The van der Waals surface area contributed by atoms with Crippen molar-refractivity contribution in [2.45, 2.75) is 48.7 Å². The lowest BCUT2D eigenvalue weighted by Gasteiger charge is -2.49. The summed E-state index contributed by atoms with van der Waals surface area (Å²) < 4.78 is 0. The number of thiophene rings is 1. The smallest absolute Gasteiger partial charge is 0.352 e. The molecular formula is C26H30N8O7S3. The summed E-state index contributed by atoms with van der Waals surface area (Å²) in [5.74, 6) is -2.15. The summed E-state index contributed by atoms with van der Waals surface area (Å²) in [4.78, 5) is 65.4. The highest BCUT2D eigenvalue weighted by Crippen LogP contribution is 2.41. The first-order valence-corrected chi connectivity index (χ1v) is 16.4. The van der Waals surface area contributed by atoms with E-state index in [0.717, 1.165) is 21.7 Å². The van der Waals surface area contributed by atoms with E-state index in [1.165, 1.54) is 23.1 Å². The average Bonchev–Trinajstić information content (AvgIpc) is 3.64. The van der Waals surface area contributed by atoms with Gasteiger partial charge in [-0.3, -0.25) is 14.5 Å². The molecule has 18 heteroatoms. The Balaban J connectivity index is 1.26. The van der Waals surface area contributed by atoms with Gasteiger partial charge < -0.3 is 26.3 Å². The molecule has 0 radical (unpaired) electrons. The van der Waals surface area contributed by atoms with Crippen LogP contribution >= 0.6 is 34.9 Å². The van der Waals surface area contributed by atoms with Crippen molar-refractivity contribution in [1.29, 1.82) is 0 Å². The molecule has 0 saturated carbocycles. The molecule has 5 heterocycles. The van der Waals surface area contributed by atoms with Gasteiger partial charge in [-0.25, -0.2) is 24.8 Å². The lowest BCUT2D eigenvalue weighted by molar-refractivity contribution is -0.707. The molecule has 2 saturated heterocycles. The minimum absolute atomic E-state index is 0.148. The standard InChI is InChI=1S/C26H30N8O7S3/c1-26(2,3)15-6-7-16(34(41)30-15)43-11-13-12-44-22-18(21(36)33(22)19(13)23(37)38)28-20(35)17(14-5-4-10-42-14)29-24(39)31-32-9-8-27-25(32)40/h4-7,10,17-18,22H,8-9,11-12H2,1-3H3,(H,27,40)(H,28,35)(H,37,38)(H2,29,31,39)/t17?,18-,22?/m1/s1. The van der Waals surface area contributed by atoms with Crippen LogP contribution in [0.15, 0.2) is 45.9 Å². The van der Waals surface area contributed by atoms with Gasteiger partial charge in [0, 0.05) is 39.5 Å². The number of hydrazine groups is 1. The molecule has 3 aliphatic heterocycles. The number of carbonyl (C=O) groups excluding carboxylic acids is 4. The van der Waals surface area contributed by atoms with Crippen LogP contribution in [-0.4, -0.2) is 86.0 Å². The van der Waals surface area contributed by atoms with E-state index >= 15 is 0 Å². The molecule has 15 nitrogen and oxygen atoms in total. The highest BCUT2D eigenvalue weighted by Gasteiger charge is 2.54. The number of fused-ring (bicyclic) bond motifs is 1. The van der Waals surface area contributed by atoms with Gasteiger partial charge in [0.15, 0.2) is 0 Å². The predicted octanol–water partition coefficient (Wildman–Crippen LogP) is 0.885. The van der Waals surface area contributed by atoms with E-state index in [0.29, 0.717) is 32.6 Å². The van der Waals surface area contributed by atoms with E-state index < -0.39 is 47.3 Å². The Labute approximate surface area is 264 Å². The molecule has 3 aliphatic rings. The molecule has 0 aliphatic carbocycles. The van der Waals surface area contributed by atoms with Crippen molar-refractivity contribution in [2.24, 2.45) is 0 Å². The van der Waals surface area contributed by atoms with Crippen molar-refractivity contribution in [3.63, 3.8) is 0 Å². The minimum Gasteiger partial charge on any atom is -0.593 e. The number of aliphatic carboxylic acids is 1. The van der Waals surface area contributed by atoms with Crippen molar-refractivity contribution in [1.82, 2.24) is 36.4 Å². The number of urea groups is 2. The number of amides is 6. The number of carboxylic acids is 1. The first-order chi connectivity index (χ1) is 20.8. The molecule has 5 rings (SSSR count). The summed E-state index contributed by atoms with van der Waals surface area (Å²) in [5.41, 5.74) is 2.98. The number of nitrogens with one attached hydrogen (secondary N) is 4. The van der Waals surface area contributed by atoms with E-state index in [1.54, 1.807) is 29.6 Å². The van der Waals surface area contributed by atoms with Crippen LogP contribution in [0.1, 0.15) is 37.4 Å². The molecule has 2 fully saturated rings. The molecule has 2 aromatic rings. The predicted molar refractivity (Wildman–Crippen MR) is 161 cm³/mol. The normalized spacial score (nSPS) is 20.4. The highest BCUT2D eigenvalue weighted by atomic mass is 32.2. The Morgan fingerprint density at radius 1 is 1.27 bits per heavy atom. The maximum atomic E-state index is 13.4. The molecule has 0 aromatic carbocycles. The Hall–Kier alpha value is -4.03. The maximum Gasteiger partial charge on any atom is 0.352 e. The summed E-state index contributed by atoms with van der Waals surface area (Å²) in [6, 6.07) is 3.29. The summed E-state index contributed by atoms with van der Waals surface area (Å²) in [6.45, 7) is 6.43. The summed E-state index contributed by atoms with van der Waals surface area (Å²) in [5, 5.41) is 36.8. The molecule has 234 valence electrons. The van der Waals surface area contributed by atoms with Gasteiger partial charge in [0.1, 0.15) is 28.8 Å². The van der Waals surface area contributed by atoms with Crippen LogP contribution in [0, 0.1) is 5.21 Å². The second-order valence-corrected chi connectivity index (χ2v) is 14.1. The first kappa shape index (κ1) is 31.4. The summed E-state index contributed by atoms with van der Waals surface area (Å²) in [7, 11) is 0. The summed E-state index contributed by atoms with van der Waals surface area (Å²) >= 11 is 3.64. The molecule has 0 bridgehead atoms. The number of thioether (sulfide) groups is 2. The van der Waals surface area contributed by atoms with Gasteiger partial charge in [0.05, 0.1) is 6.54 Å². The summed E-state index contributed by atoms with van der Waals surface area (Å²) in [6.07, 6.45) is 0. The number of hydrogen-bond donors (Lipinski definition) is 5. The number of hydrogen-bond acceptors (Lipinski definition) is 10. The van der Waals surface area contributed by atoms with Crippen molar-refractivity contribution < 1.29 is 33.9 Å². The molecule has 2 aromatic heterocycles. The first-order valence-electron chi connectivity index (χ1n) is 13.5. The van der Waals surface area contributed by atoms with Crippen LogP contribution in [0.2, 0.25) is 0 Å². The molecule has 6 amide bonds. The van der Waals surface area contributed by atoms with Crippen molar-refractivity contribution in [3.8, 4) is 0 Å². The van der Waals surface area contributed by atoms with Gasteiger partial charge in [0.2, 0.25) is 5.91 Å². The SMILES string of the molecule is CC(C)(C)c1ccc(SCC2=C(C(=O)O)N3C(=O)[C@@H](NC(=O)C(NC(=O)NN4CCNC4=O)c4cccs4)C3SC2)[n+]([O-])n1. The van der Waals surface area contributed by atoms with Gasteiger partial charge >= 0.3 is 18.0 Å². The fourth-order valence-electron chi connectivity index (χ4n) is 4.68. The lowest BCUT2D eigenvalue weighted by Crippen LogP contribution is -2.71. The van der Waals surface area contributed by atoms with Crippen LogP contribution in [-0.2, 0) is 19.8 Å². The van der Waals surface area contributed by atoms with Gasteiger partial charge in [-0.05, 0) is 39.7 Å². The molecule has 44 heavy (non-hydrogen) atoms. The minimum atomic E-state index is -1.29. The fraction of sp³-hybridized carbons (Fsp3) is 0.423. The van der Waals surface area contributed by atoms with Gasteiger partial charge in [-0.2, -0.15) is 0 Å². The van der Waals surface area contributed by atoms with E-state index in [1.807, 2.05) is 20.8 Å². The van der Waals surface area contributed by atoms with E-state index in [9.17, 15) is 34.3 Å². The Bertz CT molecular complexity index is 1530. The van der Waals surface area contributed by atoms with Crippen molar-refractivity contribution in [3.05, 3.63) is 56.7 Å². The van der Waals surface area contributed by atoms with Crippen LogP contribution < -0.4 is 26.2 Å². The number of aromatic nitrogens is 2. The number of β-lactam (4-membered cyclic amide) rings is 1. The number of carboxylic acid groups (broad SMARTS) is 1. The second kappa shape index (κ2) is 12.5. The zero-order chi connectivity index (χ0) is 31.8. The van der Waals surface area contributed by atoms with Gasteiger partial charge in [-0.15, -0.1) is 23.1 Å². The van der Waals surface area contributed by atoms with E-state index in [2.05, 4.69) is 26.5 Å². The third-order valence-electron chi connectivity index (χ3n) is 6.94. The van der Waals surface area contributed by atoms with Crippen LogP contribution in [0.3, 0.4) is 0 Å². The quantitative estimate of drug-likeness (QED) is 0.111. The fourth-order valence-corrected chi connectivity index (χ4v) is 7.80. The zero-order valence-electron chi connectivity index (χ0n) is 23.9. The van der Waals surface area contributed by atoms with Gasteiger partial charge in [-0.1, -0.05) is 26.8 Å². The maximum absolute atomic E-state index is 13.4. The van der Waals surface area contributed by atoms with Crippen LogP contribution in [0.5, 0.6) is 0 Å². The molecule has 5 N–H and O–H groups in total. The Morgan fingerprint density at radius 3 is 2.66 bits per heavy atom. The number of nitrogens with zero attached hydrogens (tertiary/aromatic N) is 4. The van der Waals surface area contributed by atoms with Crippen molar-refractivity contribution >= 4 is 64.7 Å². The topological polar surface area (TPSA) is 200 Å². The third-order valence-corrected chi connectivity index (χ3v) is 10.3. The average molecular weight is 663 g/mol.